The number of methoxy groups -OCH3 is 1. The van der Waals surface area contributed by atoms with Gasteiger partial charge in [-0.1, -0.05) is 48.5 Å². The van der Waals surface area contributed by atoms with Gasteiger partial charge in [0.1, 0.15) is 0 Å². The second kappa shape index (κ2) is 9.29. The first-order valence-corrected chi connectivity index (χ1v) is 11.0. The first-order chi connectivity index (χ1) is 16.7. The number of rotatable bonds is 7. The molecule has 2 aromatic heterocycles. The third-order valence-electron chi connectivity index (χ3n) is 5.70. The number of fused-ring (bicyclic) bond motifs is 2. The highest BCUT2D eigenvalue weighted by atomic mass is 16.5. The zero-order chi connectivity index (χ0) is 23.5. The number of hydrogen-bond acceptors (Lipinski definition) is 5. The van der Waals surface area contributed by atoms with Crippen LogP contribution in [-0.2, 0) is 11.3 Å². The molecule has 1 amide bonds. The summed E-state index contributed by atoms with van der Waals surface area (Å²) >= 11 is 0. The van der Waals surface area contributed by atoms with Crippen LogP contribution in [0.25, 0.3) is 32.9 Å². The molecule has 0 unspecified atom stereocenters. The molecule has 0 saturated carbocycles. The van der Waals surface area contributed by atoms with Crippen molar-refractivity contribution in [2.45, 2.75) is 13.0 Å². The van der Waals surface area contributed by atoms with Gasteiger partial charge in [0, 0.05) is 42.3 Å². The highest BCUT2D eigenvalue weighted by Gasteiger charge is 2.17. The van der Waals surface area contributed by atoms with Crippen molar-refractivity contribution in [3.8, 4) is 11.3 Å². The number of anilines is 1. The van der Waals surface area contributed by atoms with Crippen molar-refractivity contribution in [3.63, 3.8) is 0 Å². The van der Waals surface area contributed by atoms with Crippen LogP contribution in [-0.4, -0.2) is 39.6 Å². The van der Waals surface area contributed by atoms with E-state index >= 15 is 0 Å². The zero-order valence-electron chi connectivity index (χ0n) is 18.6. The largest absolute Gasteiger partial charge is 0.385 e. The van der Waals surface area contributed by atoms with Crippen LogP contribution in [0.3, 0.4) is 0 Å². The molecule has 0 radical (unpaired) electrons. The molecule has 8 nitrogen and oxygen atoms in total. The Morgan fingerprint density at radius 2 is 1.68 bits per heavy atom. The number of benzene rings is 3. The molecule has 0 saturated heterocycles. The summed E-state index contributed by atoms with van der Waals surface area (Å²) in [6.07, 6.45) is 0.804. The van der Waals surface area contributed by atoms with E-state index in [4.69, 9.17) is 4.74 Å². The van der Waals surface area contributed by atoms with Crippen molar-refractivity contribution in [2.75, 3.05) is 19.0 Å². The van der Waals surface area contributed by atoms with Gasteiger partial charge in [0.05, 0.1) is 16.6 Å². The Balaban J connectivity index is 1.40. The van der Waals surface area contributed by atoms with Gasteiger partial charge in [0.2, 0.25) is 0 Å². The van der Waals surface area contributed by atoms with Crippen LogP contribution in [0, 0.1) is 0 Å². The number of carbonyl (C=O) groups is 1. The molecule has 0 aliphatic heterocycles. The number of para-hydroxylation sites is 1. The van der Waals surface area contributed by atoms with E-state index in [2.05, 4.69) is 20.6 Å². The molecular weight excluding hydrogens is 430 g/mol. The number of ether oxygens (including phenoxy) is 1. The van der Waals surface area contributed by atoms with E-state index in [1.807, 2.05) is 71.4 Å². The lowest BCUT2D eigenvalue weighted by molar-refractivity contribution is 0.102. The fourth-order valence-electron chi connectivity index (χ4n) is 4.06. The molecule has 5 rings (SSSR count). The summed E-state index contributed by atoms with van der Waals surface area (Å²) in [5, 5.41) is 16.5. The number of aromatic amines is 1. The summed E-state index contributed by atoms with van der Waals surface area (Å²) in [4.78, 5) is 25.1. The minimum Gasteiger partial charge on any atom is -0.385 e. The van der Waals surface area contributed by atoms with Gasteiger partial charge >= 0.3 is 0 Å². The molecule has 2 heterocycles. The SMILES string of the molecule is COCCCn1nc(C(=O)Nc2ccc(-c3n[nH]c(=O)c4ccccc34)cc2)c2ccccc21. The van der Waals surface area contributed by atoms with Crippen LogP contribution < -0.4 is 10.9 Å². The smallest absolute Gasteiger partial charge is 0.276 e. The van der Waals surface area contributed by atoms with E-state index in [0.29, 0.717) is 35.6 Å². The standard InChI is InChI=1S/C26H23N5O3/c1-34-16-6-15-31-22-10-5-4-9-21(22)24(30-31)26(33)27-18-13-11-17(12-14-18)23-19-7-2-3-8-20(19)25(32)29-28-23/h2-5,7-14H,6,15-16H2,1H3,(H,27,33)(H,29,32). The number of nitrogens with zero attached hydrogens (tertiary/aromatic N) is 3. The Bertz CT molecular complexity index is 1540. The molecule has 0 atom stereocenters. The van der Waals surface area contributed by atoms with Gasteiger partial charge in [-0.25, -0.2) is 5.10 Å². The zero-order valence-corrected chi connectivity index (χ0v) is 18.6. The molecule has 5 aromatic rings. The maximum atomic E-state index is 13.1. The number of hydrogen-bond donors (Lipinski definition) is 2. The summed E-state index contributed by atoms with van der Waals surface area (Å²) in [5.74, 6) is -0.276. The van der Waals surface area contributed by atoms with Gasteiger partial charge in [-0.2, -0.15) is 10.2 Å². The molecule has 0 spiro atoms. The summed E-state index contributed by atoms with van der Waals surface area (Å²) in [7, 11) is 1.67. The third-order valence-corrected chi connectivity index (χ3v) is 5.70. The van der Waals surface area contributed by atoms with Crippen LogP contribution in [0.5, 0.6) is 0 Å². The number of aromatic nitrogens is 4. The van der Waals surface area contributed by atoms with Gasteiger partial charge in [-0.3, -0.25) is 14.3 Å². The lowest BCUT2D eigenvalue weighted by atomic mass is 10.0. The van der Waals surface area contributed by atoms with E-state index in [1.54, 1.807) is 13.2 Å². The quantitative estimate of drug-likeness (QED) is 0.359. The van der Waals surface area contributed by atoms with Crippen LogP contribution >= 0.6 is 0 Å². The Morgan fingerprint density at radius 1 is 0.971 bits per heavy atom. The molecule has 3 aromatic carbocycles. The van der Waals surface area contributed by atoms with E-state index < -0.39 is 0 Å². The first-order valence-electron chi connectivity index (χ1n) is 11.0. The van der Waals surface area contributed by atoms with Crippen LogP contribution in [0.1, 0.15) is 16.9 Å². The molecule has 2 N–H and O–H groups in total. The molecule has 0 aliphatic carbocycles. The van der Waals surface area contributed by atoms with Gasteiger partial charge < -0.3 is 10.1 Å². The Labute approximate surface area is 195 Å². The predicted octanol–water partition coefficient (Wildman–Crippen LogP) is 4.23. The minimum atomic E-state index is -0.276. The van der Waals surface area contributed by atoms with Crippen molar-refractivity contribution >= 4 is 33.3 Å². The third kappa shape index (κ3) is 4.06. The normalized spacial score (nSPS) is 11.2. The fourth-order valence-corrected chi connectivity index (χ4v) is 4.06. The summed E-state index contributed by atoms with van der Waals surface area (Å²) in [6, 6.07) is 22.4. The van der Waals surface area contributed by atoms with E-state index in [0.717, 1.165) is 28.3 Å². The average molecular weight is 454 g/mol. The van der Waals surface area contributed by atoms with Crippen molar-refractivity contribution in [2.24, 2.45) is 0 Å². The lowest BCUT2D eigenvalue weighted by Crippen LogP contribution is -2.14. The van der Waals surface area contributed by atoms with Crippen molar-refractivity contribution in [1.82, 2.24) is 20.0 Å². The van der Waals surface area contributed by atoms with Crippen LogP contribution in [0.2, 0.25) is 0 Å². The van der Waals surface area contributed by atoms with Crippen LogP contribution in [0.4, 0.5) is 5.69 Å². The number of carbonyl (C=O) groups excluding carboxylic acids is 1. The van der Waals surface area contributed by atoms with E-state index in [-0.39, 0.29) is 11.5 Å². The van der Waals surface area contributed by atoms with Crippen molar-refractivity contribution < 1.29 is 9.53 Å². The molecule has 0 aliphatic rings. The topological polar surface area (TPSA) is 102 Å². The van der Waals surface area contributed by atoms with Gasteiger partial charge in [0.15, 0.2) is 5.69 Å². The molecule has 8 heteroatoms. The number of nitrogens with one attached hydrogen (secondary N) is 2. The Morgan fingerprint density at radius 3 is 2.44 bits per heavy atom. The van der Waals surface area contributed by atoms with E-state index in [9.17, 15) is 9.59 Å². The molecular formula is C26H23N5O3. The number of aryl methyl sites for hydroxylation is 1. The van der Waals surface area contributed by atoms with Crippen LogP contribution in [0.15, 0.2) is 77.6 Å². The van der Waals surface area contributed by atoms with Gasteiger partial charge in [0.25, 0.3) is 11.5 Å². The van der Waals surface area contributed by atoms with Gasteiger partial charge in [-0.05, 0) is 30.7 Å². The summed E-state index contributed by atoms with van der Waals surface area (Å²) in [5.41, 5.74) is 3.21. The van der Waals surface area contributed by atoms with Crippen molar-refractivity contribution in [3.05, 3.63) is 88.8 Å². The Kier molecular flexibility index (Phi) is 5.88. The predicted molar refractivity (Wildman–Crippen MR) is 132 cm³/mol. The summed E-state index contributed by atoms with van der Waals surface area (Å²) < 4.78 is 6.98. The average Bonchev–Trinajstić information content (AvgIpc) is 3.24. The van der Waals surface area contributed by atoms with E-state index in [1.165, 1.54) is 0 Å². The maximum Gasteiger partial charge on any atom is 0.276 e. The lowest BCUT2D eigenvalue weighted by Gasteiger charge is -2.07. The Hall–Kier alpha value is -4.30. The number of H-pyrrole nitrogens is 1. The maximum absolute atomic E-state index is 13.1. The highest BCUT2D eigenvalue weighted by Crippen LogP contribution is 2.26. The van der Waals surface area contributed by atoms with Gasteiger partial charge in [-0.15, -0.1) is 0 Å². The minimum absolute atomic E-state index is 0.225. The molecule has 0 bridgehead atoms. The second-order valence-corrected chi connectivity index (χ2v) is 7.91. The van der Waals surface area contributed by atoms with Crippen molar-refractivity contribution in [1.29, 1.82) is 0 Å². The number of amides is 1. The highest BCUT2D eigenvalue weighted by molar-refractivity contribution is 6.11. The monoisotopic (exact) mass is 453 g/mol. The molecule has 0 fully saturated rings. The molecule has 170 valence electrons. The summed E-state index contributed by atoms with van der Waals surface area (Å²) in [6.45, 7) is 1.29. The second-order valence-electron chi connectivity index (χ2n) is 7.91. The first kappa shape index (κ1) is 21.5. The fraction of sp³-hybridized carbons (Fsp3) is 0.154. The molecule has 34 heavy (non-hydrogen) atoms.